The number of rotatable bonds is 3. The number of carbonyl (C=O) groups is 1. The van der Waals surface area contributed by atoms with Crippen molar-refractivity contribution in [2.24, 2.45) is 0 Å². The van der Waals surface area contributed by atoms with Crippen molar-refractivity contribution >= 4 is 18.3 Å². The van der Waals surface area contributed by atoms with Crippen LogP contribution < -0.4 is 10.1 Å². The van der Waals surface area contributed by atoms with Gasteiger partial charge in [0, 0.05) is 25.9 Å². The van der Waals surface area contributed by atoms with Crippen molar-refractivity contribution in [3.63, 3.8) is 0 Å². The van der Waals surface area contributed by atoms with Crippen LogP contribution in [0, 0.1) is 6.92 Å². The lowest BCUT2D eigenvalue weighted by Crippen LogP contribution is -2.48. The van der Waals surface area contributed by atoms with Gasteiger partial charge in [0.2, 0.25) is 5.91 Å². The minimum absolute atomic E-state index is 0. The van der Waals surface area contributed by atoms with Crippen LogP contribution in [0.25, 0.3) is 0 Å². The highest BCUT2D eigenvalue weighted by Crippen LogP contribution is 2.20. The van der Waals surface area contributed by atoms with Crippen molar-refractivity contribution in [3.8, 4) is 5.75 Å². The predicted octanol–water partition coefficient (Wildman–Crippen LogP) is 2.54. The molecule has 1 atom stereocenters. The molecule has 0 spiro atoms. The van der Waals surface area contributed by atoms with E-state index in [9.17, 15) is 4.79 Å². The number of halogens is 1. The van der Waals surface area contributed by atoms with Crippen LogP contribution in [-0.2, 0) is 4.79 Å². The summed E-state index contributed by atoms with van der Waals surface area (Å²) in [5.41, 5.74) is 1.24. The Balaban J connectivity index is 0.00000176. The maximum Gasteiger partial charge on any atom is 0.239 e. The summed E-state index contributed by atoms with van der Waals surface area (Å²) in [6, 6.07) is 8.24. The molecule has 0 unspecified atom stereocenters. The molecule has 5 heteroatoms. The molecule has 1 aromatic rings. The Kier molecular flexibility index (Phi) is 6.09. The SMILES string of the molecule is Cc1ccc(OC2CCN(C(=O)[C@@H]3CCCN3)CC2)cc1.Cl. The van der Waals surface area contributed by atoms with Gasteiger partial charge in [-0.15, -0.1) is 12.4 Å². The molecular formula is C17H25ClN2O2. The van der Waals surface area contributed by atoms with Crippen LogP contribution in [0.15, 0.2) is 24.3 Å². The smallest absolute Gasteiger partial charge is 0.239 e. The summed E-state index contributed by atoms with van der Waals surface area (Å²) >= 11 is 0. The summed E-state index contributed by atoms with van der Waals surface area (Å²) in [6.07, 6.45) is 4.18. The number of hydrogen-bond acceptors (Lipinski definition) is 3. The van der Waals surface area contributed by atoms with Crippen LogP contribution in [0.3, 0.4) is 0 Å². The zero-order valence-electron chi connectivity index (χ0n) is 13.1. The van der Waals surface area contributed by atoms with Gasteiger partial charge in [-0.3, -0.25) is 4.79 Å². The van der Waals surface area contributed by atoms with Gasteiger partial charge in [0.25, 0.3) is 0 Å². The minimum Gasteiger partial charge on any atom is -0.490 e. The van der Waals surface area contributed by atoms with Gasteiger partial charge in [-0.25, -0.2) is 0 Å². The number of hydrogen-bond donors (Lipinski definition) is 1. The number of nitrogens with one attached hydrogen (secondary N) is 1. The molecule has 0 bridgehead atoms. The maximum atomic E-state index is 12.3. The number of carbonyl (C=O) groups excluding carboxylic acids is 1. The highest BCUT2D eigenvalue weighted by atomic mass is 35.5. The second-order valence-electron chi connectivity index (χ2n) is 6.10. The number of amides is 1. The highest BCUT2D eigenvalue weighted by Gasteiger charge is 2.30. The van der Waals surface area contributed by atoms with Gasteiger partial charge in [0.1, 0.15) is 11.9 Å². The summed E-state index contributed by atoms with van der Waals surface area (Å²) in [4.78, 5) is 14.3. The first-order valence-electron chi connectivity index (χ1n) is 7.98. The van der Waals surface area contributed by atoms with E-state index in [1.807, 2.05) is 17.0 Å². The number of benzene rings is 1. The molecule has 1 aromatic carbocycles. The zero-order valence-corrected chi connectivity index (χ0v) is 13.9. The number of ether oxygens (including phenoxy) is 1. The first-order valence-corrected chi connectivity index (χ1v) is 7.98. The van der Waals surface area contributed by atoms with Gasteiger partial charge in [0.15, 0.2) is 0 Å². The Hall–Kier alpha value is -1.26. The van der Waals surface area contributed by atoms with Gasteiger partial charge in [-0.05, 0) is 38.4 Å². The third kappa shape index (κ3) is 4.14. The fourth-order valence-corrected chi connectivity index (χ4v) is 3.12. The van der Waals surface area contributed by atoms with E-state index in [0.29, 0.717) is 0 Å². The predicted molar refractivity (Wildman–Crippen MR) is 89.7 cm³/mol. The average Bonchev–Trinajstić information content (AvgIpc) is 3.04. The van der Waals surface area contributed by atoms with Crippen LogP contribution in [0.4, 0.5) is 0 Å². The third-order valence-electron chi connectivity index (χ3n) is 4.44. The maximum absolute atomic E-state index is 12.3. The second kappa shape index (κ2) is 7.84. The van der Waals surface area contributed by atoms with Crippen LogP contribution in [0.5, 0.6) is 5.75 Å². The van der Waals surface area contributed by atoms with Crippen molar-refractivity contribution in [2.75, 3.05) is 19.6 Å². The van der Waals surface area contributed by atoms with Crippen molar-refractivity contribution in [1.82, 2.24) is 10.2 Å². The fourth-order valence-electron chi connectivity index (χ4n) is 3.12. The standard InChI is InChI=1S/C17H24N2O2.ClH/c1-13-4-6-14(7-5-13)21-15-8-11-19(12-9-15)17(20)16-3-2-10-18-16;/h4-7,15-16,18H,2-3,8-12H2,1H3;1H/t16-;/m0./s1. The molecule has 22 heavy (non-hydrogen) atoms. The van der Waals surface area contributed by atoms with E-state index in [0.717, 1.165) is 51.1 Å². The van der Waals surface area contributed by atoms with E-state index in [1.165, 1.54) is 5.56 Å². The fraction of sp³-hybridized carbons (Fsp3) is 0.588. The zero-order chi connectivity index (χ0) is 14.7. The van der Waals surface area contributed by atoms with E-state index in [2.05, 4.69) is 24.4 Å². The van der Waals surface area contributed by atoms with E-state index in [4.69, 9.17) is 4.74 Å². The van der Waals surface area contributed by atoms with E-state index < -0.39 is 0 Å². The van der Waals surface area contributed by atoms with Gasteiger partial charge in [-0.2, -0.15) is 0 Å². The monoisotopic (exact) mass is 324 g/mol. The van der Waals surface area contributed by atoms with Crippen molar-refractivity contribution in [3.05, 3.63) is 29.8 Å². The van der Waals surface area contributed by atoms with Gasteiger partial charge < -0.3 is 15.0 Å². The van der Waals surface area contributed by atoms with Crippen molar-refractivity contribution in [2.45, 2.75) is 44.8 Å². The normalized spacial score (nSPS) is 22.2. The average molecular weight is 325 g/mol. The highest BCUT2D eigenvalue weighted by molar-refractivity contribution is 5.85. The van der Waals surface area contributed by atoms with Crippen LogP contribution in [-0.4, -0.2) is 42.6 Å². The first-order chi connectivity index (χ1) is 10.2. The summed E-state index contributed by atoms with van der Waals surface area (Å²) in [5.74, 6) is 1.21. The lowest BCUT2D eigenvalue weighted by molar-refractivity contribution is -0.134. The van der Waals surface area contributed by atoms with Crippen LogP contribution >= 0.6 is 12.4 Å². The molecule has 0 saturated carbocycles. The molecule has 2 aliphatic heterocycles. The Labute approximate surface area is 138 Å². The molecule has 2 heterocycles. The Bertz CT molecular complexity index is 478. The van der Waals surface area contributed by atoms with Crippen molar-refractivity contribution in [1.29, 1.82) is 0 Å². The lowest BCUT2D eigenvalue weighted by atomic mass is 10.1. The topological polar surface area (TPSA) is 41.6 Å². The quantitative estimate of drug-likeness (QED) is 0.929. The van der Waals surface area contributed by atoms with Crippen molar-refractivity contribution < 1.29 is 9.53 Å². The molecule has 0 aromatic heterocycles. The summed E-state index contributed by atoms with van der Waals surface area (Å²) < 4.78 is 6.01. The largest absolute Gasteiger partial charge is 0.490 e. The van der Waals surface area contributed by atoms with E-state index in [-0.39, 0.29) is 30.5 Å². The Morgan fingerprint density at radius 3 is 2.45 bits per heavy atom. The van der Waals surface area contributed by atoms with E-state index in [1.54, 1.807) is 0 Å². The number of nitrogens with zero attached hydrogens (tertiary/aromatic N) is 1. The molecule has 2 saturated heterocycles. The molecule has 0 radical (unpaired) electrons. The minimum atomic E-state index is 0. The molecule has 0 aliphatic carbocycles. The molecule has 4 nitrogen and oxygen atoms in total. The Morgan fingerprint density at radius 1 is 1.18 bits per heavy atom. The number of likely N-dealkylation sites (tertiary alicyclic amines) is 1. The molecular weight excluding hydrogens is 300 g/mol. The first kappa shape index (κ1) is 17.1. The molecule has 2 fully saturated rings. The van der Waals surface area contributed by atoms with Crippen LogP contribution in [0.1, 0.15) is 31.2 Å². The molecule has 1 amide bonds. The molecule has 3 rings (SSSR count). The van der Waals surface area contributed by atoms with Gasteiger partial charge in [0.05, 0.1) is 6.04 Å². The Morgan fingerprint density at radius 2 is 1.86 bits per heavy atom. The summed E-state index contributed by atoms with van der Waals surface area (Å²) in [6.45, 7) is 4.68. The molecule has 122 valence electrons. The van der Waals surface area contributed by atoms with Gasteiger partial charge >= 0.3 is 0 Å². The van der Waals surface area contributed by atoms with Crippen LogP contribution in [0.2, 0.25) is 0 Å². The van der Waals surface area contributed by atoms with E-state index >= 15 is 0 Å². The number of aryl methyl sites for hydroxylation is 1. The second-order valence-corrected chi connectivity index (χ2v) is 6.10. The lowest BCUT2D eigenvalue weighted by Gasteiger charge is -2.33. The van der Waals surface area contributed by atoms with Gasteiger partial charge in [-0.1, -0.05) is 17.7 Å². The summed E-state index contributed by atoms with van der Waals surface area (Å²) in [5, 5.41) is 3.29. The third-order valence-corrected chi connectivity index (χ3v) is 4.44. The molecule has 2 aliphatic rings. The number of piperidine rings is 1. The summed E-state index contributed by atoms with van der Waals surface area (Å²) in [7, 11) is 0. The molecule has 1 N–H and O–H groups in total.